The summed E-state index contributed by atoms with van der Waals surface area (Å²) in [6.45, 7) is 3.13. The number of hydrogen-bond acceptors (Lipinski definition) is 3. The molecule has 2 unspecified atom stereocenters. The van der Waals surface area contributed by atoms with E-state index in [0.29, 0.717) is 24.9 Å². The van der Waals surface area contributed by atoms with Crippen molar-refractivity contribution in [1.29, 1.82) is 0 Å². The lowest BCUT2D eigenvalue weighted by molar-refractivity contribution is -0.137. The van der Waals surface area contributed by atoms with Crippen molar-refractivity contribution < 1.29 is 13.2 Å². The number of alkyl halides is 3. The number of fused-ring (bicyclic) bond motifs is 1. The molecule has 3 nitrogen and oxygen atoms in total. The maximum absolute atomic E-state index is 12.9. The minimum Gasteiger partial charge on any atom is -0.355 e. The van der Waals surface area contributed by atoms with Crippen molar-refractivity contribution in [3.63, 3.8) is 0 Å². The Kier molecular flexibility index (Phi) is 2.69. The Labute approximate surface area is 103 Å². The van der Waals surface area contributed by atoms with Crippen LogP contribution in [0.2, 0.25) is 0 Å². The van der Waals surface area contributed by atoms with Crippen molar-refractivity contribution in [2.24, 2.45) is 11.8 Å². The summed E-state index contributed by atoms with van der Waals surface area (Å²) >= 11 is 0. The highest BCUT2D eigenvalue weighted by Crippen LogP contribution is 2.38. The summed E-state index contributed by atoms with van der Waals surface area (Å²) in [7, 11) is 0. The topological polar surface area (TPSA) is 28.2 Å². The third-order valence-corrected chi connectivity index (χ3v) is 3.78. The van der Waals surface area contributed by atoms with Gasteiger partial charge < -0.3 is 10.2 Å². The van der Waals surface area contributed by atoms with Crippen LogP contribution in [-0.2, 0) is 6.18 Å². The lowest BCUT2D eigenvalue weighted by Gasteiger charge is -2.22. The summed E-state index contributed by atoms with van der Waals surface area (Å²) in [5.74, 6) is 0.987. The third-order valence-electron chi connectivity index (χ3n) is 3.78. The Morgan fingerprint density at radius 3 is 2.50 bits per heavy atom. The lowest BCUT2D eigenvalue weighted by atomic mass is 10.0. The number of halogens is 3. The Bertz CT molecular complexity index is 434. The van der Waals surface area contributed by atoms with Gasteiger partial charge in [0.25, 0.3) is 0 Å². The first-order valence-corrected chi connectivity index (χ1v) is 6.03. The first-order valence-electron chi connectivity index (χ1n) is 6.03. The Balaban J connectivity index is 1.89. The van der Waals surface area contributed by atoms with E-state index in [0.717, 1.165) is 19.2 Å². The molecule has 2 aliphatic rings. The van der Waals surface area contributed by atoms with Gasteiger partial charge in [0.1, 0.15) is 5.82 Å². The number of anilines is 1. The van der Waals surface area contributed by atoms with Crippen LogP contribution in [0.15, 0.2) is 18.3 Å². The molecule has 0 spiro atoms. The third kappa shape index (κ3) is 1.94. The van der Waals surface area contributed by atoms with Crippen LogP contribution in [0.3, 0.4) is 0 Å². The molecular formula is C12H14F3N3. The molecule has 0 saturated carbocycles. The molecule has 1 N–H and O–H groups in total. The van der Waals surface area contributed by atoms with Gasteiger partial charge in [0.15, 0.2) is 0 Å². The van der Waals surface area contributed by atoms with Crippen LogP contribution in [0.5, 0.6) is 0 Å². The van der Waals surface area contributed by atoms with E-state index in [9.17, 15) is 13.2 Å². The second-order valence-electron chi connectivity index (χ2n) is 4.96. The summed E-state index contributed by atoms with van der Waals surface area (Å²) in [5, 5.41) is 3.27. The number of hydrogen-bond donors (Lipinski definition) is 1. The smallest absolute Gasteiger partial charge is 0.355 e. The average Bonchev–Trinajstić information content (AvgIpc) is 2.87. The second-order valence-corrected chi connectivity index (χ2v) is 4.96. The van der Waals surface area contributed by atoms with Gasteiger partial charge in [0.05, 0.1) is 5.56 Å². The molecule has 18 heavy (non-hydrogen) atoms. The zero-order chi connectivity index (χ0) is 12.8. The Hall–Kier alpha value is -1.30. The van der Waals surface area contributed by atoms with Crippen LogP contribution < -0.4 is 10.2 Å². The molecule has 6 heteroatoms. The first kappa shape index (κ1) is 11.8. The van der Waals surface area contributed by atoms with Crippen LogP contribution in [-0.4, -0.2) is 31.2 Å². The van der Waals surface area contributed by atoms with E-state index in [1.54, 1.807) is 4.90 Å². The SMILES string of the molecule is FC(F)(F)c1cccnc1N1CC2CNCC2C1. The monoisotopic (exact) mass is 257 g/mol. The van der Waals surface area contributed by atoms with Gasteiger partial charge in [-0.05, 0) is 24.0 Å². The summed E-state index contributed by atoms with van der Waals surface area (Å²) in [6, 6.07) is 2.44. The molecule has 0 bridgehead atoms. The highest BCUT2D eigenvalue weighted by molar-refractivity contribution is 5.49. The molecule has 1 aromatic heterocycles. The first-order chi connectivity index (χ1) is 8.55. The zero-order valence-corrected chi connectivity index (χ0v) is 9.74. The predicted octanol–water partition coefficient (Wildman–Crippen LogP) is 1.76. The number of rotatable bonds is 1. The molecule has 1 aromatic rings. The molecule has 0 aromatic carbocycles. The van der Waals surface area contributed by atoms with Crippen molar-refractivity contribution >= 4 is 5.82 Å². The number of pyridine rings is 1. The Morgan fingerprint density at radius 1 is 1.22 bits per heavy atom. The van der Waals surface area contributed by atoms with Gasteiger partial charge in [-0.2, -0.15) is 13.2 Å². The van der Waals surface area contributed by atoms with Gasteiger partial charge in [-0.3, -0.25) is 0 Å². The summed E-state index contributed by atoms with van der Waals surface area (Å²) in [4.78, 5) is 5.72. The molecule has 2 saturated heterocycles. The summed E-state index contributed by atoms with van der Waals surface area (Å²) in [5.41, 5.74) is -0.627. The van der Waals surface area contributed by atoms with Crippen molar-refractivity contribution in [1.82, 2.24) is 10.3 Å². The molecule has 98 valence electrons. The fourth-order valence-electron chi connectivity index (χ4n) is 2.90. The van der Waals surface area contributed by atoms with Crippen molar-refractivity contribution in [3.8, 4) is 0 Å². The van der Waals surface area contributed by atoms with E-state index in [2.05, 4.69) is 10.3 Å². The minimum atomic E-state index is -4.33. The van der Waals surface area contributed by atoms with Gasteiger partial charge in [0.2, 0.25) is 0 Å². The van der Waals surface area contributed by atoms with E-state index >= 15 is 0 Å². The van der Waals surface area contributed by atoms with Crippen molar-refractivity contribution in [3.05, 3.63) is 23.9 Å². The molecule has 2 aliphatic heterocycles. The van der Waals surface area contributed by atoms with Gasteiger partial charge in [-0.25, -0.2) is 4.98 Å². The molecule has 0 aliphatic carbocycles. The largest absolute Gasteiger partial charge is 0.419 e. The highest BCUT2D eigenvalue weighted by Gasteiger charge is 2.41. The van der Waals surface area contributed by atoms with Crippen molar-refractivity contribution in [2.45, 2.75) is 6.18 Å². The minimum absolute atomic E-state index is 0.0828. The number of aromatic nitrogens is 1. The normalized spacial score (nSPS) is 27.6. The van der Waals surface area contributed by atoms with E-state index in [-0.39, 0.29) is 5.82 Å². The Morgan fingerprint density at radius 2 is 1.89 bits per heavy atom. The molecule has 2 fully saturated rings. The van der Waals surface area contributed by atoms with Gasteiger partial charge in [0, 0.05) is 32.4 Å². The van der Waals surface area contributed by atoms with E-state index < -0.39 is 11.7 Å². The second kappa shape index (κ2) is 4.12. The van der Waals surface area contributed by atoms with Crippen LogP contribution >= 0.6 is 0 Å². The predicted molar refractivity (Wildman–Crippen MR) is 61.3 cm³/mol. The maximum Gasteiger partial charge on any atom is 0.419 e. The van der Waals surface area contributed by atoms with Crippen molar-refractivity contribution in [2.75, 3.05) is 31.1 Å². The van der Waals surface area contributed by atoms with Gasteiger partial charge >= 0.3 is 6.18 Å². The summed E-state index contributed by atoms with van der Waals surface area (Å²) < 4.78 is 38.7. The quantitative estimate of drug-likeness (QED) is 0.831. The van der Waals surface area contributed by atoms with Crippen LogP contribution in [0.4, 0.5) is 19.0 Å². The fourth-order valence-corrected chi connectivity index (χ4v) is 2.90. The van der Waals surface area contributed by atoms with Crippen LogP contribution in [0, 0.1) is 11.8 Å². The number of nitrogens with zero attached hydrogens (tertiary/aromatic N) is 2. The maximum atomic E-state index is 12.9. The molecular weight excluding hydrogens is 243 g/mol. The lowest BCUT2D eigenvalue weighted by Crippen LogP contribution is -2.28. The van der Waals surface area contributed by atoms with Crippen LogP contribution in [0.1, 0.15) is 5.56 Å². The van der Waals surface area contributed by atoms with Gasteiger partial charge in [-0.15, -0.1) is 0 Å². The molecule has 0 radical (unpaired) electrons. The molecule has 0 amide bonds. The van der Waals surface area contributed by atoms with E-state index in [1.165, 1.54) is 12.3 Å². The average molecular weight is 257 g/mol. The molecule has 3 heterocycles. The van der Waals surface area contributed by atoms with Gasteiger partial charge in [-0.1, -0.05) is 0 Å². The zero-order valence-electron chi connectivity index (χ0n) is 9.74. The highest BCUT2D eigenvalue weighted by atomic mass is 19.4. The molecule has 2 atom stereocenters. The van der Waals surface area contributed by atoms with E-state index in [1.807, 2.05) is 0 Å². The standard InChI is InChI=1S/C12H14F3N3/c13-12(14,15)10-2-1-3-17-11(10)18-6-8-4-16-5-9(8)7-18/h1-3,8-9,16H,4-7H2. The summed E-state index contributed by atoms with van der Waals surface area (Å²) in [6.07, 6.45) is -2.91. The number of nitrogens with one attached hydrogen (secondary N) is 1. The van der Waals surface area contributed by atoms with Crippen LogP contribution in [0.25, 0.3) is 0 Å². The fraction of sp³-hybridized carbons (Fsp3) is 0.583. The van der Waals surface area contributed by atoms with E-state index in [4.69, 9.17) is 0 Å². The molecule has 3 rings (SSSR count).